The number of carbonyl (C=O) groups excluding carboxylic acids is 2. The highest BCUT2D eigenvalue weighted by molar-refractivity contribution is 5.81. The molecular weight excluding hydrogens is 380 g/mol. The number of fused-ring (bicyclic) bond motifs is 2. The summed E-state index contributed by atoms with van der Waals surface area (Å²) in [6.07, 6.45) is 3.29. The van der Waals surface area contributed by atoms with Crippen molar-refractivity contribution < 1.29 is 14.1 Å². The van der Waals surface area contributed by atoms with E-state index in [-0.39, 0.29) is 23.7 Å². The van der Waals surface area contributed by atoms with Gasteiger partial charge >= 0.3 is 0 Å². The molecule has 0 unspecified atom stereocenters. The van der Waals surface area contributed by atoms with Gasteiger partial charge in [-0.05, 0) is 44.1 Å². The van der Waals surface area contributed by atoms with Crippen LogP contribution in [0.1, 0.15) is 43.6 Å². The molecule has 30 heavy (non-hydrogen) atoms. The Kier molecular flexibility index (Phi) is 4.83. The quantitative estimate of drug-likeness (QED) is 0.780. The molecule has 4 atom stereocenters. The number of piperazine rings is 1. The van der Waals surface area contributed by atoms with E-state index in [2.05, 4.69) is 5.16 Å². The molecule has 3 fully saturated rings. The van der Waals surface area contributed by atoms with Gasteiger partial charge in [0.05, 0.1) is 11.8 Å². The van der Waals surface area contributed by atoms with Crippen LogP contribution < -0.4 is 0 Å². The van der Waals surface area contributed by atoms with Gasteiger partial charge in [0.1, 0.15) is 0 Å². The summed E-state index contributed by atoms with van der Waals surface area (Å²) in [6.45, 7) is 6.08. The van der Waals surface area contributed by atoms with Gasteiger partial charge in [-0.15, -0.1) is 0 Å². The van der Waals surface area contributed by atoms with Gasteiger partial charge in [0.25, 0.3) is 0 Å². The standard InChI is InChI=1S/C23H28N4O3/c1-14-4-3-5-18(12-14)21-24-22(30-25-21)19-16-6-7-17(13-16)20(19)23(29)27-10-8-26(9-11-27)15(2)28/h3-5,12,16-17,19-20H,6-11,13H2,1-2H3/t16-,17+,19+,20+/m1/s1. The van der Waals surface area contributed by atoms with Crippen LogP contribution >= 0.6 is 0 Å². The van der Waals surface area contributed by atoms with E-state index >= 15 is 0 Å². The van der Waals surface area contributed by atoms with E-state index in [4.69, 9.17) is 9.51 Å². The van der Waals surface area contributed by atoms with Crippen LogP contribution in [-0.2, 0) is 9.59 Å². The van der Waals surface area contributed by atoms with Crippen molar-refractivity contribution in [3.63, 3.8) is 0 Å². The largest absolute Gasteiger partial charge is 0.339 e. The molecular formula is C23H28N4O3. The summed E-state index contributed by atoms with van der Waals surface area (Å²) in [7, 11) is 0. The molecule has 2 saturated carbocycles. The molecule has 1 aliphatic heterocycles. The van der Waals surface area contributed by atoms with Crippen LogP contribution in [-0.4, -0.2) is 57.9 Å². The molecule has 0 spiro atoms. The Bertz CT molecular complexity index is 963. The molecule has 1 saturated heterocycles. The monoisotopic (exact) mass is 408 g/mol. The summed E-state index contributed by atoms with van der Waals surface area (Å²) in [6, 6.07) is 8.07. The first-order chi connectivity index (χ1) is 14.5. The van der Waals surface area contributed by atoms with E-state index in [1.54, 1.807) is 6.92 Å². The normalized spacial score (nSPS) is 28.2. The van der Waals surface area contributed by atoms with Crippen molar-refractivity contribution in [2.24, 2.45) is 17.8 Å². The Morgan fingerprint density at radius 3 is 2.53 bits per heavy atom. The summed E-state index contributed by atoms with van der Waals surface area (Å²) in [4.78, 5) is 33.6. The van der Waals surface area contributed by atoms with Crippen molar-refractivity contribution in [3.05, 3.63) is 35.7 Å². The molecule has 2 aromatic rings. The van der Waals surface area contributed by atoms with E-state index in [0.717, 1.165) is 30.4 Å². The Labute approximate surface area is 176 Å². The maximum absolute atomic E-state index is 13.5. The smallest absolute Gasteiger partial charge is 0.231 e. The molecule has 2 heterocycles. The number of rotatable bonds is 3. The number of nitrogens with zero attached hydrogens (tertiary/aromatic N) is 4. The lowest BCUT2D eigenvalue weighted by atomic mass is 9.78. The maximum atomic E-state index is 13.5. The average Bonchev–Trinajstić information content (AvgIpc) is 3.49. The molecule has 1 aromatic heterocycles. The lowest BCUT2D eigenvalue weighted by Crippen LogP contribution is -2.52. The van der Waals surface area contributed by atoms with E-state index in [1.165, 1.54) is 0 Å². The molecule has 2 amide bonds. The third-order valence-electron chi connectivity index (χ3n) is 7.24. The van der Waals surface area contributed by atoms with Crippen LogP contribution in [0.2, 0.25) is 0 Å². The number of amides is 2. The van der Waals surface area contributed by atoms with Crippen molar-refractivity contribution >= 4 is 11.8 Å². The maximum Gasteiger partial charge on any atom is 0.231 e. The number of aromatic nitrogens is 2. The van der Waals surface area contributed by atoms with Crippen molar-refractivity contribution in [3.8, 4) is 11.4 Å². The van der Waals surface area contributed by atoms with E-state index in [9.17, 15) is 9.59 Å². The summed E-state index contributed by atoms with van der Waals surface area (Å²) in [5.74, 6) is 2.24. The van der Waals surface area contributed by atoms with Crippen molar-refractivity contribution in [2.75, 3.05) is 26.2 Å². The number of benzene rings is 1. The number of hydrogen-bond donors (Lipinski definition) is 0. The lowest BCUT2D eigenvalue weighted by molar-refractivity contribution is -0.143. The van der Waals surface area contributed by atoms with Gasteiger partial charge in [0.2, 0.25) is 23.5 Å². The third-order valence-corrected chi connectivity index (χ3v) is 7.24. The van der Waals surface area contributed by atoms with Gasteiger partial charge in [0.15, 0.2) is 0 Å². The summed E-state index contributed by atoms with van der Waals surface area (Å²) in [5.41, 5.74) is 2.09. The molecule has 0 N–H and O–H groups in total. The zero-order chi connectivity index (χ0) is 20.8. The molecule has 2 bridgehead atoms. The Balaban J connectivity index is 1.37. The Morgan fingerprint density at radius 2 is 1.80 bits per heavy atom. The van der Waals surface area contributed by atoms with Gasteiger partial charge in [-0.2, -0.15) is 4.98 Å². The van der Waals surface area contributed by atoms with Crippen LogP contribution in [0.15, 0.2) is 28.8 Å². The highest BCUT2D eigenvalue weighted by Gasteiger charge is 2.54. The second kappa shape index (κ2) is 7.52. The Morgan fingerprint density at radius 1 is 1.07 bits per heavy atom. The average molecular weight is 409 g/mol. The van der Waals surface area contributed by atoms with Crippen LogP contribution in [0.4, 0.5) is 0 Å². The molecule has 5 rings (SSSR count). The minimum absolute atomic E-state index is 0.00754. The topological polar surface area (TPSA) is 79.5 Å². The van der Waals surface area contributed by atoms with Gasteiger partial charge in [-0.3, -0.25) is 9.59 Å². The van der Waals surface area contributed by atoms with Crippen LogP contribution in [0, 0.1) is 24.7 Å². The predicted octanol–water partition coefficient (Wildman–Crippen LogP) is 2.87. The summed E-state index contributed by atoms with van der Waals surface area (Å²) >= 11 is 0. The van der Waals surface area contributed by atoms with Gasteiger partial charge in [-0.25, -0.2) is 0 Å². The van der Waals surface area contributed by atoms with E-state index < -0.39 is 0 Å². The van der Waals surface area contributed by atoms with Crippen LogP contribution in [0.5, 0.6) is 0 Å². The molecule has 0 radical (unpaired) electrons. The fraction of sp³-hybridized carbons (Fsp3) is 0.565. The Hall–Kier alpha value is -2.70. The fourth-order valence-electron chi connectivity index (χ4n) is 5.73. The van der Waals surface area contributed by atoms with E-state index in [1.807, 2.05) is 41.0 Å². The fourth-order valence-corrected chi connectivity index (χ4v) is 5.73. The number of hydrogen-bond acceptors (Lipinski definition) is 5. The van der Waals surface area contributed by atoms with Crippen molar-refractivity contribution in [2.45, 2.75) is 39.0 Å². The van der Waals surface area contributed by atoms with Gasteiger partial charge < -0.3 is 14.3 Å². The van der Waals surface area contributed by atoms with Crippen LogP contribution in [0.25, 0.3) is 11.4 Å². The predicted molar refractivity (Wildman–Crippen MR) is 110 cm³/mol. The van der Waals surface area contributed by atoms with Crippen molar-refractivity contribution in [1.29, 1.82) is 0 Å². The number of aryl methyl sites for hydroxylation is 1. The SMILES string of the molecule is CC(=O)N1CCN(C(=O)[C@H]2[C@H]3CC[C@H](C3)[C@@H]2c2nc(-c3cccc(C)c3)no2)CC1. The van der Waals surface area contributed by atoms with E-state index in [0.29, 0.717) is 49.7 Å². The number of carbonyl (C=O) groups is 2. The highest BCUT2D eigenvalue weighted by Crippen LogP contribution is 2.57. The molecule has 3 aliphatic rings. The zero-order valence-electron chi connectivity index (χ0n) is 17.6. The molecule has 1 aromatic carbocycles. The summed E-state index contributed by atoms with van der Waals surface area (Å²) < 4.78 is 5.73. The zero-order valence-corrected chi connectivity index (χ0v) is 17.6. The molecule has 7 heteroatoms. The molecule has 158 valence electrons. The summed E-state index contributed by atoms with van der Waals surface area (Å²) in [5, 5.41) is 4.24. The van der Waals surface area contributed by atoms with Gasteiger partial charge in [-0.1, -0.05) is 28.9 Å². The third kappa shape index (κ3) is 3.30. The second-order valence-electron chi connectivity index (χ2n) is 9.04. The highest BCUT2D eigenvalue weighted by atomic mass is 16.5. The molecule has 7 nitrogen and oxygen atoms in total. The van der Waals surface area contributed by atoms with Crippen LogP contribution in [0.3, 0.4) is 0 Å². The minimum Gasteiger partial charge on any atom is -0.339 e. The first-order valence-electron chi connectivity index (χ1n) is 11.0. The minimum atomic E-state index is -0.0848. The second-order valence-corrected chi connectivity index (χ2v) is 9.04. The lowest BCUT2D eigenvalue weighted by Gasteiger charge is -2.38. The first-order valence-corrected chi connectivity index (χ1v) is 11.0. The molecule has 2 aliphatic carbocycles. The van der Waals surface area contributed by atoms with Crippen molar-refractivity contribution in [1.82, 2.24) is 19.9 Å². The first kappa shape index (κ1) is 19.3. The van der Waals surface area contributed by atoms with Gasteiger partial charge in [0, 0.05) is 38.7 Å².